The Kier molecular flexibility index (Phi) is 2.87. The molecule has 1 aliphatic heterocycles. The maximum Gasteiger partial charge on any atom is 0.0534 e. The van der Waals surface area contributed by atoms with E-state index in [0.29, 0.717) is 5.92 Å². The van der Waals surface area contributed by atoms with Crippen molar-refractivity contribution in [3.8, 4) is 0 Å². The topological polar surface area (TPSA) is 9.23 Å². The monoisotopic (exact) mass is 196 g/mol. The summed E-state index contributed by atoms with van der Waals surface area (Å²) in [5, 5.41) is 0.806. The Balaban J connectivity index is 2.10. The highest BCUT2D eigenvalue weighted by Gasteiger charge is 2.15. The minimum absolute atomic E-state index is 0.575. The van der Waals surface area contributed by atoms with Gasteiger partial charge in [-0.3, -0.25) is 0 Å². The van der Waals surface area contributed by atoms with Crippen molar-refractivity contribution in [3.05, 3.63) is 34.9 Å². The standard InChI is InChI=1S/C11H13ClO/c12-11-5-3-9(4-6-11)10-2-1-7-13-8-10/h3-6,10H,1-2,7-8H2/t10-/m1/s1. The molecule has 0 spiro atoms. The predicted molar refractivity (Wildman–Crippen MR) is 54.2 cm³/mol. The lowest BCUT2D eigenvalue weighted by molar-refractivity contribution is 0.0804. The number of hydrogen-bond donors (Lipinski definition) is 0. The Labute approximate surface area is 83.7 Å². The fraction of sp³-hybridized carbons (Fsp3) is 0.455. The van der Waals surface area contributed by atoms with Crippen LogP contribution in [0.1, 0.15) is 24.3 Å². The number of rotatable bonds is 1. The Morgan fingerprint density at radius 3 is 2.62 bits per heavy atom. The Hall–Kier alpha value is -0.530. The SMILES string of the molecule is Clc1ccc([C@@H]2CCCOC2)cc1. The molecular formula is C11H13ClO. The highest BCUT2D eigenvalue weighted by atomic mass is 35.5. The third kappa shape index (κ3) is 2.23. The van der Waals surface area contributed by atoms with E-state index >= 15 is 0 Å². The predicted octanol–water partition coefficient (Wildman–Crippen LogP) is 3.23. The number of ether oxygens (including phenoxy) is 1. The van der Waals surface area contributed by atoms with Crippen molar-refractivity contribution >= 4 is 11.6 Å². The molecule has 0 aliphatic carbocycles. The van der Waals surface area contributed by atoms with E-state index in [0.717, 1.165) is 18.2 Å². The second-order valence-corrected chi connectivity index (χ2v) is 3.90. The second kappa shape index (κ2) is 4.12. The summed E-state index contributed by atoms with van der Waals surface area (Å²) in [4.78, 5) is 0. The third-order valence-electron chi connectivity index (χ3n) is 2.50. The molecule has 1 aromatic rings. The summed E-state index contributed by atoms with van der Waals surface area (Å²) in [5.74, 6) is 0.575. The van der Waals surface area contributed by atoms with Crippen LogP contribution in [0.25, 0.3) is 0 Å². The minimum Gasteiger partial charge on any atom is -0.381 e. The van der Waals surface area contributed by atoms with Crippen LogP contribution in [0, 0.1) is 0 Å². The van der Waals surface area contributed by atoms with E-state index in [1.54, 1.807) is 0 Å². The summed E-state index contributed by atoms with van der Waals surface area (Å²) < 4.78 is 5.43. The quantitative estimate of drug-likeness (QED) is 0.670. The zero-order valence-corrected chi connectivity index (χ0v) is 8.26. The summed E-state index contributed by atoms with van der Waals surface area (Å²) in [6.07, 6.45) is 2.41. The molecule has 0 radical (unpaired) electrons. The van der Waals surface area contributed by atoms with Crippen LogP contribution in [0.5, 0.6) is 0 Å². The van der Waals surface area contributed by atoms with Crippen LogP contribution >= 0.6 is 11.6 Å². The van der Waals surface area contributed by atoms with Crippen molar-refractivity contribution in [3.63, 3.8) is 0 Å². The van der Waals surface area contributed by atoms with Gasteiger partial charge in [0.1, 0.15) is 0 Å². The molecule has 2 heteroatoms. The van der Waals surface area contributed by atoms with E-state index in [1.807, 2.05) is 12.1 Å². The van der Waals surface area contributed by atoms with E-state index in [4.69, 9.17) is 16.3 Å². The first-order chi connectivity index (χ1) is 6.36. The molecule has 0 amide bonds. The van der Waals surface area contributed by atoms with Crippen LogP contribution in [0.4, 0.5) is 0 Å². The van der Waals surface area contributed by atoms with Gasteiger partial charge in [0, 0.05) is 17.5 Å². The molecule has 0 unspecified atom stereocenters. The van der Waals surface area contributed by atoms with Gasteiger partial charge in [0.05, 0.1) is 6.61 Å². The molecule has 1 aromatic carbocycles. The van der Waals surface area contributed by atoms with Gasteiger partial charge in [0.15, 0.2) is 0 Å². The first kappa shape index (κ1) is 9.04. The lowest BCUT2D eigenvalue weighted by atomic mass is 9.94. The molecule has 70 valence electrons. The van der Waals surface area contributed by atoms with Crippen molar-refractivity contribution < 1.29 is 4.74 Å². The zero-order chi connectivity index (χ0) is 9.10. The van der Waals surface area contributed by atoms with E-state index in [9.17, 15) is 0 Å². The molecule has 13 heavy (non-hydrogen) atoms. The van der Waals surface area contributed by atoms with Crippen molar-refractivity contribution in [2.75, 3.05) is 13.2 Å². The molecule has 0 N–H and O–H groups in total. The first-order valence-electron chi connectivity index (χ1n) is 4.69. The van der Waals surface area contributed by atoms with Crippen molar-refractivity contribution in [2.24, 2.45) is 0 Å². The summed E-state index contributed by atoms with van der Waals surface area (Å²) in [7, 11) is 0. The largest absolute Gasteiger partial charge is 0.381 e. The van der Waals surface area contributed by atoms with Crippen LogP contribution in [0.2, 0.25) is 5.02 Å². The molecule has 1 nitrogen and oxygen atoms in total. The van der Waals surface area contributed by atoms with Crippen LogP contribution in [0.15, 0.2) is 24.3 Å². The molecule has 0 saturated carbocycles. The van der Waals surface area contributed by atoms with Crippen molar-refractivity contribution in [1.82, 2.24) is 0 Å². The molecule has 1 saturated heterocycles. The lowest BCUT2D eigenvalue weighted by Crippen LogP contribution is -2.15. The van der Waals surface area contributed by atoms with E-state index in [2.05, 4.69) is 12.1 Å². The maximum absolute atomic E-state index is 5.82. The minimum atomic E-state index is 0.575. The molecule has 0 aromatic heterocycles. The van der Waals surface area contributed by atoms with Gasteiger partial charge in [-0.25, -0.2) is 0 Å². The van der Waals surface area contributed by atoms with Gasteiger partial charge < -0.3 is 4.74 Å². The molecule has 1 heterocycles. The van der Waals surface area contributed by atoms with E-state index < -0.39 is 0 Å². The van der Waals surface area contributed by atoms with Gasteiger partial charge in [-0.15, -0.1) is 0 Å². The first-order valence-corrected chi connectivity index (χ1v) is 5.07. The molecule has 0 bridgehead atoms. The van der Waals surface area contributed by atoms with Gasteiger partial charge in [0.2, 0.25) is 0 Å². The Morgan fingerprint density at radius 2 is 2.00 bits per heavy atom. The molecular weight excluding hydrogens is 184 g/mol. The molecule has 2 rings (SSSR count). The highest BCUT2D eigenvalue weighted by molar-refractivity contribution is 6.30. The molecule has 1 atom stereocenters. The smallest absolute Gasteiger partial charge is 0.0534 e. The summed E-state index contributed by atoms with van der Waals surface area (Å²) in [6, 6.07) is 8.10. The van der Waals surface area contributed by atoms with Crippen LogP contribution < -0.4 is 0 Å². The normalized spacial score (nSPS) is 23.0. The van der Waals surface area contributed by atoms with Gasteiger partial charge in [-0.05, 0) is 30.5 Å². The van der Waals surface area contributed by atoms with Crippen molar-refractivity contribution in [2.45, 2.75) is 18.8 Å². The number of benzene rings is 1. The lowest BCUT2D eigenvalue weighted by Gasteiger charge is -2.22. The van der Waals surface area contributed by atoms with Gasteiger partial charge in [-0.2, -0.15) is 0 Å². The average Bonchev–Trinajstić information content (AvgIpc) is 2.20. The number of halogens is 1. The third-order valence-corrected chi connectivity index (χ3v) is 2.75. The van der Waals surface area contributed by atoms with Crippen molar-refractivity contribution in [1.29, 1.82) is 0 Å². The fourth-order valence-corrected chi connectivity index (χ4v) is 1.86. The van der Waals surface area contributed by atoms with Crippen LogP contribution in [-0.2, 0) is 4.74 Å². The Bertz CT molecular complexity index is 262. The van der Waals surface area contributed by atoms with Crippen LogP contribution in [-0.4, -0.2) is 13.2 Å². The number of hydrogen-bond acceptors (Lipinski definition) is 1. The van der Waals surface area contributed by atoms with E-state index in [-0.39, 0.29) is 0 Å². The average molecular weight is 197 g/mol. The molecule has 1 aliphatic rings. The summed E-state index contributed by atoms with van der Waals surface area (Å²) >= 11 is 5.82. The highest BCUT2D eigenvalue weighted by Crippen LogP contribution is 2.26. The summed E-state index contributed by atoms with van der Waals surface area (Å²) in [6.45, 7) is 1.78. The summed E-state index contributed by atoms with van der Waals surface area (Å²) in [5.41, 5.74) is 1.35. The molecule has 1 fully saturated rings. The van der Waals surface area contributed by atoms with Gasteiger partial charge in [-0.1, -0.05) is 23.7 Å². The van der Waals surface area contributed by atoms with E-state index in [1.165, 1.54) is 18.4 Å². The zero-order valence-electron chi connectivity index (χ0n) is 7.50. The van der Waals surface area contributed by atoms with Gasteiger partial charge in [0.25, 0.3) is 0 Å². The Morgan fingerprint density at radius 1 is 1.23 bits per heavy atom. The van der Waals surface area contributed by atoms with Gasteiger partial charge >= 0.3 is 0 Å². The fourth-order valence-electron chi connectivity index (χ4n) is 1.74. The maximum atomic E-state index is 5.82. The van der Waals surface area contributed by atoms with Crippen LogP contribution in [0.3, 0.4) is 0 Å². The second-order valence-electron chi connectivity index (χ2n) is 3.47.